The standard InChI is InChI=1S/C16H12Cl2FNO4/c17-10-4-5-14(13(18)6-10)23-9-16(22)24-8-15(21)20-12-3-1-2-11(19)7-12/h1-7H,8-9H2,(H,20,21). The number of ether oxygens (including phenoxy) is 2. The highest BCUT2D eigenvalue weighted by atomic mass is 35.5. The van der Waals surface area contributed by atoms with Crippen molar-refractivity contribution in [1.82, 2.24) is 0 Å². The normalized spacial score (nSPS) is 10.1. The average molecular weight is 372 g/mol. The second kappa shape index (κ2) is 8.52. The lowest BCUT2D eigenvalue weighted by Crippen LogP contribution is -2.23. The van der Waals surface area contributed by atoms with Gasteiger partial charge in [-0.25, -0.2) is 9.18 Å². The first-order valence-corrected chi connectivity index (χ1v) is 7.48. The van der Waals surface area contributed by atoms with Gasteiger partial charge in [-0.15, -0.1) is 0 Å². The summed E-state index contributed by atoms with van der Waals surface area (Å²) < 4.78 is 22.9. The minimum Gasteiger partial charge on any atom is -0.480 e. The molecule has 0 aliphatic heterocycles. The number of carbonyl (C=O) groups excluding carboxylic acids is 2. The molecule has 0 saturated heterocycles. The second-order valence-corrected chi connectivity index (χ2v) is 5.43. The Morgan fingerprint density at radius 2 is 1.88 bits per heavy atom. The lowest BCUT2D eigenvalue weighted by atomic mass is 10.3. The van der Waals surface area contributed by atoms with Crippen LogP contribution in [0.15, 0.2) is 42.5 Å². The Balaban J connectivity index is 1.75. The number of nitrogens with one attached hydrogen (secondary N) is 1. The van der Waals surface area contributed by atoms with Crippen molar-refractivity contribution >= 4 is 40.8 Å². The van der Waals surface area contributed by atoms with Gasteiger partial charge in [-0.3, -0.25) is 4.79 Å². The molecule has 0 atom stereocenters. The topological polar surface area (TPSA) is 64.6 Å². The van der Waals surface area contributed by atoms with Crippen LogP contribution in [0.2, 0.25) is 10.0 Å². The van der Waals surface area contributed by atoms with Crippen molar-refractivity contribution in [1.29, 1.82) is 0 Å². The first-order chi connectivity index (χ1) is 11.4. The van der Waals surface area contributed by atoms with Crippen molar-refractivity contribution in [3.8, 4) is 5.75 Å². The average Bonchev–Trinajstić information content (AvgIpc) is 2.52. The van der Waals surface area contributed by atoms with E-state index >= 15 is 0 Å². The molecule has 0 spiro atoms. The smallest absolute Gasteiger partial charge is 0.344 e. The molecule has 0 bridgehead atoms. The van der Waals surface area contributed by atoms with E-state index in [4.69, 9.17) is 32.7 Å². The van der Waals surface area contributed by atoms with Gasteiger partial charge >= 0.3 is 5.97 Å². The molecule has 0 saturated carbocycles. The van der Waals surface area contributed by atoms with Crippen molar-refractivity contribution in [3.05, 3.63) is 58.3 Å². The molecule has 0 aliphatic rings. The van der Waals surface area contributed by atoms with Gasteiger partial charge in [0.05, 0.1) is 5.02 Å². The molecule has 5 nitrogen and oxygen atoms in total. The molecule has 2 rings (SSSR count). The molecule has 8 heteroatoms. The number of esters is 1. The van der Waals surface area contributed by atoms with Gasteiger partial charge in [0.25, 0.3) is 5.91 Å². The van der Waals surface area contributed by atoms with Crippen LogP contribution in [0.1, 0.15) is 0 Å². The van der Waals surface area contributed by atoms with Crippen LogP contribution >= 0.6 is 23.2 Å². The van der Waals surface area contributed by atoms with E-state index in [9.17, 15) is 14.0 Å². The molecule has 2 aromatic rings. The summed E-state index contributed by atoms with van der Waals surface area (Å²) in [6, 6.07) is 9.88. The summed E-state index contributed by atoms with van der Waals surface area (Å²) in [4.78, 5) is 23.2. The van der Waals surface area contributed by atoms with E-state index in [0.29, 0.717) is 5.02 Å². The summed E-state index contributed by atoms with van der Waals surface area (Å²) >= 11 is 11.6. The number of halogens is 3. The minimum atomic E-state index is -0.754. The third-order valence-electron chi connectivity index (χ3n) is 2.71. The zero-order valence-electron chi connectivity index (χ0n) is 12.2. The van der Waals surface area contributed by atoms with Gasteiger partial charge in [0, 0.05) is 10.7 Å². The quantitative estimate of drug-likeness (QED) is 0.786. The van der Waals surface area contributed by atoms with E-state index in [1.165, 1.54) is 30.3 Å². The van der Waals surface area contributed by atoms with Crippen molar-refractivity contribution in [3.63, 3.8) is 0 Å². The van der Waals surface area contributed by atoms with Crippen LogP contribution in [0.5, 0.6) is 5.75 Å². The summed E-state index contributed by atoms with van der Waals surface area (Å²) in [5, 5.41) is 3.08. The van der Waals surface area contributed by atoms with Crippen LogP contribution in [-0.4, -0.2) is 25.1 Å². The van der Waals surface area contributed by atoms with Gasteiger partial charge in [0.2, 0.25) is 0 Å². The zero-order chi connectivity index (χ0) is 17.5. The molecule has 0 fully saturated rings. The van der Waals surface area contributed by atoms with Crippen molar-refractivity contribution in [2.45, 2.75) is 0 Å². The number of hydrogen-bond acceptors (Lipinski definition) is 4. The van der Waals surface area contributed by atoms with Gasteiger partial charge in [0.15, 0.2) is 13.2 Å². The van der Waals surface area contributed by atoms with Crippen LogP contribution in [0.4, 0.5) is 10.1 Å². The molecule has 1 N–H and O–H groups in total. The summed E-state index contributed by atoms with van der Waals surface area (Å²) in [6.07, 6.45) is 0. The summed E-state index contributed by atoms with van der Waals surface area (Å²) in [6.45, 7) is -0.943. The lowest BCUT2D eigenvalue weighted by Gasteiger charge is -2.09. The molecular formula is C16H12Cl2FNO4. The van der Waals surface area contributed by atoms with Gasteiger partial charge in [-0.2, -0.15) is 0 Å². The number of rotatable bonds is 6. The number of anilines is 1. The summed E-state index contributed by atoms with van der Waals surface area (Å²) in [7, 11) is 0. The van der Waals surface area contributed by atoms with Crippen LogP contribution < -0.4 is 10.1 Å². The van der Waals surface area contributed by atoms with E-state index < -0.39 is 30.9 Å². The molecule has 0 radical (unpaired) electrons. The van der Waals surface area contributed by atoms with E-state index in [1.54, 1.807) is 6.07 Å². The van der Waals surface area contributed by atoms with Gasteiger partial charge in [0.1, 0.15) is 11.6 Å². The maximum absolute atomic E-state index is 13.0. The predicted molar refractivity (Wildman–Crippen MR) is 87.9 cm³/mol. The number of hydrogen-bond donors (Lipinski definition) is 1. The zero-order valence-corrected chi connectivity index (χ0v) is 13.7. The Morgan fingerprint density at radius 3 is 2.58 bits per heavy atom. The maximum Gasteiger partial charge on any atom is 0.344 e. The van der Waals surface area contributed by atoms with Crippen LogP contribution in [0.25, 0.3) is 0 Å². The molecule has 2 aromatic carbocycles. The van der Waals surface area contributed by atoms with E-state index in [-0.39, 0.29) is 16.5 Å². The van der Waals surface area contributed by atoms with Crippen LogP contribution in [-0.2, 0) is 14.3 Å². The predicted octanol–water partition coefficient (Wildman–Crippen LogP) is 3.69. The molecule has 0 aliphatic carbocycles. The first kappa shape index (κ1) is 18.0. The Hall–Kier alpha value is -2.31. The van der Waals surface area contributed by atoms with Crippen molar-refractivity contribution in [2.24, 2.45) is 0 Å². The number of benzene rings is 2. The van der Waals surface area contributed by atoms with Gasteiger partial charge < -0.3 is 14.8 Å². The Kier molecular flexibility index (Phi) is 6.40. The monoisotopic (exact) mass is 371 g/mol. The van der Waals surface area contributed by atoms with Gasteiger partial charge in [-0.1, -0.05) is 29.3 Å². The second-order valence-electron chi connectivity index (χ2n) is 4.58. The fraction of sp³-hybridized carbons (Fsp3) is 0.125. The highest BCUT2D eigenvalue weighted by Crippen LogP contribution is 2.27. The van der Waals surface area contributed by atoms with Crippen molar-refractivity contribution in [2.75, 3.05) is 18.5 Å². The Labute approximate surface area is 147 Å². The van der Waals surface area contributed by atoms with E-state index in [1.807, 2.05) is 0 Å². The molecular weight excluding hydrogens is 360 g/mol. The fourth-order valence-electron chi connectivity index (χ4n) is 1.68. The van der Waals surface area contributed by atoms with Crippen LogP contribution in [0.3, 0.4) is 0 Å². The molecule has 0 aromatic heterocycles. The number of amides is 1. The highest BCUT2D eigenvalue weighted by Gasteiger charge is 2.10. The molecule has 0 heterocycles. The first-order valence-electron chi connectivity index (χ1n) is 6.73. The highest BCUT2D eigenvalue weighted by molar-refractivity contribution is 6.35. The third kappa shape index (κ3) is 5.72. The Morgan fingerprint density at radius 1 is 1.08 bits per heavy atom. The SMILES string of the molecule is O=C(COC(=O)COc1ccc(Cl)cc1Cl)Nc1cccc(F)c1. The molecule has 1 amide bonds. The van der Waals surface area contributed by atoms with Crippen molar-refractivity contribution < 1.29 is 23.5 Å². The van der Waals surface area contributed by atoms with E-state index in [0.717, 1.165) is 6.07 Å². The molecule has 126 valence electrons. The number of carbonyl (C=O) groups is 2. The minimum absolute atomic E-state index is 0.249. The Bertz CT molecular complexity index is 755. The fourth-order valence-corrected chi connectivity index (χ4v) is 2.14. The van der Waals surface area contributed by atoms with E-state index in [2.05, 4.69) is 5.32 Å². The summed E-state index contributed by atoms with van der Waals surface area (Å²) in [5.41, 5.74) is 0.264. The molecule has 0 unspecified atom stereocenters. The third-order valence-corrected chi connectivity index (χ3v) is 3.24. The summed E-state index contributed by atoms with van der Waals surface area (Å²) in [5.74, 6) is -1.57. The maximum atomic E-state index is 13.0. The lowest BCUT2D eigenvalue weighted by molar-refractivity contribution is -0.149. The van der Waals surface area contributed by atoms with Crippen LogP contribution in [0, 0.1) is 5.82 Å². The largest absolute Gasteiger partial charge is 0.480 e. The molecule has 24 heavy (non-hydrogen) atoms. The van der Waals surface area contributed by atoms with Gasteiger partial charge in [-0.05, 0) is 36.4 Å².